The molecule has 0 spiro atoms. The first-order chi connectivity index (χ1) is 10.2. The highest BCUT2D eigenvalue weighted by Crippen LogP contribution is 2.19. The van der Waals surface area contributed by atoms with Crippen molar-refractivity contribution in [3.05, 3.63) is 24.3 Å². The number of carboxylic acid groups (broad SMARTS) is 1. The SMILES string of the molecule is CN(C(=O)COCC(F)(F)F)c1ccc(OCC(=O)O)cc1. The molecule has 0 radical (unpaired) electrons. The van der Waals surface area contributed by atoms with Gasteiger partial charge >= 0.3 is 12.1 Å². The molecule has 1 aromatic rings. The minimum atomic E-state index is -4.48. The molecule has 0 heterocycles. The molecule has 0 saturated heterocycles. The van der Waals surface area contributed by atoms with Crippen LogP contribution in [0.3, 0.4) is 0 Å². The predicted molar refractivity (Wildman–Crippen MR) is 69.9 cm³/mol. The minimum Gasteiger partial charge on any atom is -0.482 e. The van der Waals surface area contributed by atoms with E-state index in [1.807, 2.05) is 0 Å². The van der Waals surface area contributed by atoms with Gasteiger partial charge in [0.1, 0.15) is 19.0 Å². The number of hydrogen-bond donors (Lipinski definition) is 1. The summed E-state index contributed by atoms with van der Waals surface area (Å²) >= 11 is 0. The first kappa shape index (κ1) is 17.8. The second-order valence-electron chi connectivity index (χ2n) is 4.24. The summed E-state index contributed by atoms with van der Waals surface area (Å²) < 4.78 is 44.9. The van der Waals surface area contributed by atoms with Crippen LogP contribution in [0.1, 0.15) is 0 Å². The third-order valence-corrected chi connectivity index (χ3v) is 2.45. The van der Waals surface area contributed by atoms with Gasteiger partial charge in [0.15, 0.2) is 6.61 Å². The molecule has 0 aliphatic heterocycles. The highest BCUT2D eigenvalue weighted by atomic mass is 19.4. The fourth-order valence-electron chi connectivity index (χ4n) is 1.41. The van der Waals surface area contributed by atoms with Crippen LogP contribution in [0.15, 0.2) is 24.3 Å². The lowest BCUT2D eigenvalue weighted by atomic mass is 10.3. The Labute approximate surface area is 124 Å². The van der Waals surface area contributed by atoms with Crippen molar-refractivity contribution < 1.29 is 37.3 Å². The molecule has 0 aliphatic rings. The smallest absolute Gasteiger partial charge is 0.411 e. The topological polar surface area (TPSA) is 76.1 Å². The summed E-state index contributed by atoms with van der Waals surface area (Å²) in [5.41, 5.74) is 0.406. The van der Waals surface area contributed by atoms with Gasteiger partial charge in [-0.05, 0) is 24.3 Å². The van der Waals surface area contributed by atoms with Crippen molar-refractivity contribution in [2.75, 3.05) is 31.8 Å². The van der Waals surface area contributed by atoms with E-state index in [-0.39, 0.29) is 0 Å². The minimum absolute atomic E-state index is 0.292. The Morgan fingerprint density at radius 3 is 2.27 bits per heavy atom. The molecule has 1 amide bonds. The molecule has 0 atom stereocenters. The number of carbonyl (C=O) groups is 2. The van der Waals surface area contributed by atoms with Gasteiger partial charge in [0.2, 0.25) is 0 Å². The molecule has 0 bridgehead atoms. The molecular formula is C13H14F3NO5. The highest BCUT2D eigenvalue weighted by molar-refractivity contribution is 5.93. The monoisotopic (exact) mass is 321 g/mol. The Balaban J connectivity index is 2.52. The molecule has 0 unspecified atom stereocenters. The lowest BCUT2D eigenvalue weighted by molar-refractivity contribution is -0.175. The Kier molecular flexibility index (Phi) is 6.17. The van der Waals surface area contributed by atoms with E-state index >= 15 is 0 Å². The van der Waals surface area contributed by atoms with Crippen LogP contribution < -0.4 is 9.64 Å². The Hall–Kier alpha value is -2.29. The average molecular weight is 321 g/mol. The van der Waals surface area contributed by atoms with Crippen LogP contribution in [0.25, 0.3) is 0 Å². The number of likely N-dealkylation sites (N-methyl/N-ethyl adjacent to an activating group) is 1. The van der Waals surface area contributed by atoms with E-state index in [4.69, 9.17) is 9.84 Å². The van der Waals surface area contributed by atoms with Crippen LogP contribution >= 0.6 is 0 Å². The van der Waals surface area contributed by atoms with E-state index in [2.05, 4.69) is 4.74 Å². The molecule has 1 N–H and O–H groups in total. The van der Waals surface area contributed by atoms with Crippen molar-refractivity contribution in [2.24, 2.45) is 0 Å². The molecule has 0 fully saturated rings. The van der Waals surface area contributed by atoms with Gasteiger partial charge in [0.25, 0.3) is 5.91 Å². The Morgan fingerprint density at radius 2 is 1.77 bits per heavy atom. The third-order valence-electron chi connectivity index (χ3n) is 2.45. The first-order valence-corrected chi connectivity index (χ1v) is 6.05. The summed E-state index contributed by atoms with van der Waals surface area (Å²) in [7, 11) is 1.38. The van der Waals surface area contributed by atoms with Gasteiger partial charge in [0, 0.05) is 12.7 Å². The summed E-state index contributed by atoms with van der Waals surface area (Å²) in [6, 6.07) is 5.83. The van der Waals surface area contributed by atoms with Crippen LogP contribution in [0.5, 0.6) is 5.75 Å². The molecule has 0 aromatic heterocycles. The summed E-state index contributed by atoms with van der Waals surface area (Å²) in [5, 5.41) is 8.46. The van der Waals surface area contributed by atoms with Crippen LogP contribution in [0.2, 0.25) is 0 Å². The number of aliphatic carboxylic acids is 1. The van der Waals surface area contributed by atoms with Crippen LogP contribution in [0.4, 0.5) is 18.9 Å². The largest absolute Gasteiger partial charge is 0.482 e. The van der Waals surface area contributed by atoms with Gasteiger partial charge in [0.05, 0.1) is 0 Å². The zero-order valence-electron chi connectivity index (χ0n) is 11.6. The number of nitrogens with zero attached hydrogens (tertiary/aromatic N) is 1. The number of benzene rings is 1. The summed E-state index contributed by atoms with van der Waals surface area (Å²) in [6.45, 7) is -2.69. The van der Waals surface area contributed by atoms with E-state index in [1.165, 1.54) is 31.3 Å². The standard InChI is InChI=1S/C13H14F3NO5/c1-17(11(18)6-21-8-13(14,15)16)9-2-4-10(5-3-9)22-7-12(19)20/h2-5H,6-8H2,1H3,(H,19,20). The fourth-order valence-corrected chi connectivity index (χ4v) is 1.41. The van der Waals surface area contributed by atoms with Gasteiger partial charge in [-0.1, -0.05) is 0 Å². The molecule has 0 saturated carbocycles. The second kappa shape index (κ2) is 7.64. The van der Waals surface area contributed by atoms with Crippen molar-refractivity contribution in [2.45, 2.75) is 6.18 Å². The van der Waals surface area contributed by atoms with Crippen LogP contribution in [-0.2, 0) is 14.3 Å². The van der Waals surface area contributed by atoms with Gasteiger partial charge in [-0.15, -0.1) is 0 Å². The van der Waals surface area contributed by atoms with Crippen LogP contribution in [0, 0.1) is 0 Å². The lowest BCUT2D eigenvalue weighted by Crippen LogP contribution is -2.31. The van der Waals surface area contributed by atoms with Crippen molar-refractivity contribution in [1.82, 2.24) is 0 Å². The van der Waals surface area contributed by atoms with E-state index in [0.717, 1.165) is 4.90 Å². The molecule has 9 heteroatoms. The lowest BCUT2D eigenvalue weighted by Gasteiger charge is -2.18. The summed E-state index contributed by atoms with van der Waals surface area (Å²) in [4.78, 5) is 23.1. The van der Waals surface area contributed by atoms with Crippen molar-refractivity contribution in [3.63, 3.8) is 0 Å². The maximum atomic E-state index is 11.9. The Morgan fingerprint density at radius 1 is 1.18 bits per heavy atom. The van der Waals surface area contributed by atoms with Crippen molar-refractivity contribution in [3.8, 4) is 5.75 Å². The number of alkyl halides is 3. The zero-order chi connectivity index (χ0) is 16.8. The number of carboxylic acids is 1. The number of ether oxygens (including phenoxy) is 2. The van der Waals surface area contributed by atoms with Crippen molar-refractivity contribution >= 4 is 17.6 Å². The predicted octanol–water partition coefficient (Wildman–Crippen LogP) is 1.69. The Bertz CT molecular complexity index is 515. The quantitative estimate of drug-likeness (QED) is 0.827. The van der Waals surface area contributed by atoms with Gasteiger partial charge in [-0.3, -0.25) is 4.79 Å². The van der Waals surface area contributed by atoms with E-state index in [1.54, 1.807) is 0 Å². The number of rotatable bonds is 7. The normalized spacial score (nSPS) is 11.1. The second-order valence-corrected chi connectivity index (χ2v) is 4.24. The first-order valence-electron chi connectivity index (χ1n) is 6.05. The van der Waals surface area contributed by atoms with E-state index in [9.17, 15) is 22.8 Å². The number of carbonyl (C=O) groups excluding carboxylic acids is 1. The number of hydrogen-bond acceptors (Lipinski definition) is 4. The van der Waals surface area contributed by atoms with Crippen molar-refractivity contribution in [1.29, 1.82) is 0 Å². The maximum Gasteiger partial charge on any atom is 0.411 e. The number of amides is 1. The maximum absolute atomic E-state index is 11.9. The third kappa shape index (κ3) is 6.44. The molecule has 1 rings (SSSR count). The molecule has 22 heavy (non-hydrogen) atoms. The van der Waals surface area contributed by atoms with E-state index < -0.39 is 37.9 Å². The van der Waals surface area contributed by atoms with E-state index in [0.29, 0.717) is 11.4 Å². The molecule has 122 valence electrons. The molecule has 0 aliphatic carbocycles. The number of halogens is 3. The highest BCUT2D eigenvalue weighted by Gasteiger charge is 2.28. The summed E-state index contributed by atoms with van der Waals surface area (Å²) in [6.07, 6.45) is -4.48. The summed E-state index contributed by atoms with van der Waals surface area (Å²) in [5.74, 6) is -1.48. The molecule has 1 aromatic carbocycles. The molecular weight excluding hydrogens is 307 g/mol. The van der Waals surface area contributed by atoms with Gasteiger partial charge < -0.3 is 19.5 Å². The number of anilines is 1. The zero-order valence-corrected chi connectivity index (χ0v) is 11.6. The van der Waals surface area contributed by atoms with Gasteiger partial charge in [-0.2, -0.15) is 13.2 Å². The van der Waals surface area contributed by atoms with Gasteiger partial charge in [-0.25, -0.2) is 4.79 Å². The fraction of sp³-hybridized carbons (Fsp3) is 0.385. The average Bonchev–Trinajstić information content (AvgIpc) is 2.43. The molecule has 6 nitrogen and oxygen atoms in total. The van der Waals surface area contributed by atoms with Crippen LogP contribution in [-0.4, -0.2) is 50.0 Å².